The molecule has 1 aliphatic heterocycles. The molecule has 2 rings (SSSR count). The monoisotopic (exact) mass is 293 g/mol. The van der Waals surface area contributed by atoms with E-state index in [9.17, 15) is 9.59 Å². The average Bonchev–Trinajstić information content (AvgIpc) is 2.85. The Morgan fingerprint density at radius 2 is 2.15 bits per heavy atom. The first-order valence-corrected chi connectivity index (χ1v) is 7.73. The fourth-order valence-corrected chi connectivity index (χ4v) is 3.35. The first-order chi connectivity index (χ1) is 9.56. The molecule has 20 heavy (non-hydrogen) atoms. The molecule has 108 valence electrons. The van der Waals surface area contributed by atoms with Gasteiger partial charge in [0.2, 0.25) is 5.91 Å². The zero-order valence-corrected chi connectivity index (χ0v) is 12.4. The summed E-state index contributed by atoms with van der Waals surface area (Å²) in [7, 11) is 0. The number of amides is 1. The molecule has 1 N–H and O–H groups in total. The van der Waals surface area contributed by atoms with Crippen LogP contribution in [0.5, 0.6) is 0 Å². The molecule has 0 radical (unpaired) electrons. The van der Waals surface area contributed by atoms with Crippen LogP contribution in [0.3, 0.4) is 0 Å². The van der Waals surface area contributed by atoms with Crippen LogP contribution < -0.4 is 0 Å². The molecule has 1 unspecified atom stereocenters. The molecular weight excluding hydrogens is 274 g/mol. The van der Waals surface area contributed by atoms with Crippen molar-refractivity contribution in [2.75, 3.05) is 18.8 Å². The summed E-state index contributed by atoms with van der Waals surface area (Å²) in [5.74, 6) is -0.144. The number of benzene rings is 1. The van der Waals surface area contributed by atoms with Gasteiger partial charge in [-0.1, -0.05) is 18.2 Å². The van der Waals surface area contributed by atoms with Gasteiger partial charge in [-0.2, -0.15) is 0 Å². The minimum absolute atomic E-state index is 0.103. The number of carbonyl (C=O) groups excluding carboxylic acids is 1. The van der Waals surface area contributed by atoms with E-state index >= 15 is 0 Å². The highest BCUT2D eigenvalue weighted by Gasteiger charge is 2.27. The van der Waals surface area contributed by atoms with Crippen molar-refractivity contribution in [3.8, 4) is 0 Å². The van der Waals surface area contributed by atoms with E-state index in [0.717, 1.165) is 11.3 Å². The number of thioether (sulfide) groups is 1. The van der Waals surface area contributed by atoms with Gasteiger partial charge in [0.1, 0.15) is 0 Å². The fraction of sp³-hybridized carbons (Fsp3) is 0.467. The molecule has 0 spiro atoms. The molecule has 0 saturated carbocycles. The number of hydrogen-bond donors (Lipinski definition) is 1. The van der Waals surface area contributed by atoms with E-state index in [1.165, 1.54) is 5.56 Å². The van der Waals surface area contributed by atoms with Crippen LogP contribution in [0.4, 0.5) is 0 Å². The van der Waals surface area contributed by atoms with Crippen molar-refractivity contribution in [1.82, 2.24) is 4.90 Å². The first kappa shape index (κ1) is 14.9. The quantitative estimate of drug-likeness (QED) is 0.847. The third-order valence-electron chi connectivity index (χ3n) is 3.55. The lowest BCUT2D eigenvalue weighted by Gasteiger charge is -2.16. The topological polar surface area (TPSA) is 57.6 Å². The minimum atomic E-state index is -0.779. The summed E-state index contributed by atoms with van der Waals surface area (Å²) in [6.07, 6.45) is 0.960. The number of aliphatic carboxylic acids is 1. The van der Waals surface area contributed by atoms with Crippen LogP contribution in [0.15, 0.2) is 29.2 Å². The molecule has 1 saturated heterocycles. The highest BCUT2D eigenvalue weighted by atomic mass is 32.2. The number of likely N-dealkylation sites (tertiary alicyclic amines) is 1. The minimum Gasteiger partial charge on any atom is -0.481 e. The summed E-state index contributed by atoms with van der Waals surface area (Å²) in [6.45, 7) is 3.30. The zero-order chi connectivity index (χ0) is 14.5. The molecule has 0 aliphatic carbocycles. The second-order valence-corrected chi connectivity index (χ2v) is 6.16. The van der Waals surface area contributed by atoms with Gasteiger partial charge in [-0.05, 0) is 30.9 Å². The Morgan fingerprint density at radius 1 is 1.40 bits per heavy atom. The predicted molar refractivity (Wildman–Crippen MR) is 78.8 cm³/mol. The van der Waals surface area contributed by atoms with Crippen molar-refractivity contribution < 1.29 is 14.7 Å². The van der Waals surface area contributed by atoms with E-state index < -0.39 is 5.97 Å². The van der Waals surface area contributed by atoms with Crippen molar-refractivity contribution in [1.29, 1.82) is 0 Å². The van der Waals surface area contributed by atoms with Crippen LogP contribution in [0.25, 0.3) is 0 Å². The number of hydrogen-bond acceptors (Lipinski definition) is 3. The van der Waals surface area contributed by atoms with E-state index in [2.05, 4.69) is 0 Å². The number of nitrogens with zero attached hydrogens (tertiary/aromatic N) is 1. The fourth-order valence-electron chi connectivity index (χ4n) is 2.42. The molecule has 1 fully saturated rings. The number of carboxylic acids is 1. The third kappa shape index (κ3) is 4.00. The Morgan fingerprint density at radius 3 is 2.85 bits per heavy atom. The van der Waals surface area contributed by atoms with Gasteiger partial charge in [-0.15, -0.1) is 11.8 Å². The Hall–Kier alpha value is -1.49. The van der Waals surface area contributed by atoms with Crippen LogP contribution in [-0.4, -0.2) is 40.7 Å². The number of carbonyl (C=O) groups is 2. The summed E-state index contributed by atoms with van der Waals surface area (Å²) in [5.41, 5.74) is 1.18. The summed E-state index contributed by atoms with van der Waals surface area (Å²) in [4.78, 5) is 25.7. The van der Waals surface area contributed by atoms with Crippen LogP contribution >= 0.6 is 11.8 Å². The number of aryl methyl sites for hydroxylation is 1. The summed E-state index contributed by atoms with van der Waals surface area (Å²) in [5, 5.41) is 8.77. The second kappa shape index (κ2) is 6.79. The molecule has 1 aromatic rings. The van der Waals surface area contributed by atoms with Crippen molar-refractivity contribution >= 4 is 23.6 Å². The molecule has 1 atom stereocenters. The maximum atomic E-state index is 12.1. The van der Waals surface area contributed by atoms with Crippen molar-refractivity contribution in [2.24, 2.45) is 5.92 Å². The summed E-state index contributed by atoms with van der Waals surface area (Å²) in [6, 6.07) is 8.01. The maximum Gasteiger partial charge on any atom is 0.303 e. The molecule has 1 amide bonds. The van der Waals surface area contributed by atoms with Crippen molar-refractivity contribution in [3.05, 3.63) is 29.8 Å². The molecule has 5 heteroatoms. The lowest BCUT2D eigenvalue weighted by atomic mass is 10.1. The normalized spacial score (nSPS) is 18.2. The van der Waals surface area contributed by atoms with Gasteiger partial charge in [0.15, 0.2) is 0 Å². The van der Waals surface area contributed by atoms with Gasteiger partial charge in [-0.25, -0.2) is 0 Å². The van der Waals surface area contributed by atoms with Gasteiger partial charge in [0.25, 0.3) is 0 Å². The molecule has 1 aliphatic rings. The second-order valence-electron chi connectivity index (χ2n) is 5.15. The van der Waals surface area contributed by atoms with Crippen molar-refractivity contribution in [2.45, 2.75) is 24.7 Å². The van der Waals surface area contributed by atoms with Crippen LogP contribution in [0.1, 0.15) is 18.4 Å². The predicted octanol–water partition coefficient (Wildman–Crippen LogP) is 2.41. The van der Waals surface area contributed by atoms with Crippen LogP contribution in [-0.2, 0) is 9.59 Å². The molecule has 1 heterocycles. The largest absolute Gasteiger partial charge is 0.481 e. The highest BCUT2D eigenvalue weighted by Crippen LogP contribution is 2.24. The van der Waals surface area contributed by atoms with Crippen LogP contribution in [0, 0.1) is 12.8 Å². The molecule has 0 bridgehead atoms. The van der Waals surface area contributed by atoms with Crippen LogP contribution in [0.2, 0.25) is 0 Å². The van der Waals surface area contributed by atoms with Gasteiger partial charge in [-0.3, -0.25) is 9.59 Å². The molecule has 4 nitrogen and oxygen atoms in total. The Balaban J connectivity index is 1.81. The highest BCUT2D eigenvalue weighted by molar-refractivity contribution is 8.00. The standard InChI is InChI=1S/C15H19NO3S/c1-11-4-2-3-5-13(11)20-10-14(17)16-7-6-12(9-16)8-15(18)19/h2-5,12H,6-10H2,1H3,(H,18,19). The summed E-state index contributed by atoms with van der Waals surface area (Å²) >= 11 is 1.55. The van der Waals surface area contributed by atoms with E-state index in [-0.39, 0.29) is 18.2 Å². The molecule has 0 aromatic heterocycles. The van der Waals surface area contributed by atoms with Gasteiger partial charge >= 0.3 is 5.97 Å². The average molecular weight is 293 g/mol. The van der Waals surface area contributed by atoms with Gasteiger partial charge in [0.05, 0.1) is 5.75 Å². The number of rotatable bonds is 5. The molecule has 1 aromatic carbocycles. The lowest BCUT2D eigenvalue weighted by molar-refractivity contribution is -0.138. The zero-order valence-electron chi connectivity index (χ0n) is 11.5. The van der Waals surface area contributed by atoms with E-state index in [1.54, 1.807) is 16.7 Å². The smallest absolute Gasteiger partial charge is 0.303 e. The maximum absolute atomic E-state index is 12.1. The summed E-state index contributed by atoms with van der Waals surface area (Å²) < 4.78 is 0. The Bertz CT molecular complexity index is 504. The van der Waals surface area contributed by atoms with E-state index in [0.29, 0.717) is 18.8 Å². The molecular formula is C15H19NO3S. The Labute approximate surface area is 123 Å². The number of carboxylic acid groups (broad SMARTS) is 1. The lowest BCUT2D eigenvalue weighted by Crippen LogP contribution is -2.30. The SMILES string of the molecule is Cc1ccccc1SCC(=O)N1CCC(CC(=O)O)C1. The van der Waals surface area contributed by atoms with Gasteiger partial charge < -0.3 is 10.0 Å². The van der Waals surface area contributed by atoms with Gasteiger partial charge in [0, 0.05) is 24.4 Å². The van der Waals surface area contributed by atoms with E-state index in [1.807, 2.05) is 31.2 Å². The first-order valence-electron chi connectivity index (χ1n) is 6.74. The van der Waals surface area contributed by atoms with E-state index in [4.69, 9.17) is 5.11 Å². The Kier molecular flexibility index (Phi) is 5.06. The van der Waals surface area contributed by atoms with Crippen molar-refractivity contribution in [3.63, 3.8) is 0 Å². The third-order valence-corrected chi connectivity index (χ3v) is 4.71.